The van der Waals surface area contributed by atoms with Crippen molar-refractivity contribution in [1.29, 1.82) is 0 Å². The van der Waals surface area contributed by atoms with Crippen molar-refractivity contribution in [1.82, 2.24) is 4.98 Å². The van der Waals surface area contributed by atoms with Crippen LogP contribution in [0.3, 0.4) is 0 Å². The largest absolute Gasteiger partial charge is 0.480 e. The lowest BCUT2D eigenvalue weighted by Gasteiger charge is -2.07. The zero-order valence-corrected chi connectivity index (χ0v) is 10.9. The molecule has 0 atom stereocenters. The summed E-state index contributed by atoms with van der Waals surface area (Å²) in [5, 5.41) is 11.2. The van der Waals surface area contributed by atoms with Gasteiger partial charge in [0.25, 0.3) is 0 Å². The average Bonchev–Trinajstić information content (AvgIpc) is 2.36. The van der Waals surface area contributed by atoms with Crippen molar-refractivity contribution in [3.63, 3.8) is 0 Å². The lowest BCUT2D eigenvalue weighted by molar-refractivity contribution is -0.386. The molecule has 5 nitrogen and oxygen atoms in total. The van der Waals surface area contributed by atoms with Crippen molar-refractivity contribution < 1.29 is 9.66 Å². The van der Waals surface area contributed by atoms with Crippen LogP contribution in [0.5, 0.6) is 5.75 Å². The number of nitro benzene ring substituents is 1. The molecule has 1 aromatic carbocycles. The molecule has 0 aliphatic rings. The number of benzene rings is 1. The highest BCUT2D eigenvalue weighted by Gasteiger charge is 2.15. The summed E-state index contributed by atoms with van der Waals surface area (Å²) in [6.07, 6.45) is 0. The molecule has 0 spiro atoms. The Morgan fingerprint density at radius 3 is 2.84 bits per heavy atom. The van der Waals surface area contributed by atoms with Crippen molar-refractivity contribution in [3.05, 3.63) is 62.9 Å². The van der Waals surface area contributed by atoms with E-state index < -0.39 is 4.92 Å². The van der Waals surface area contributed by atoms with Gasteiger partial charge in [-0.1, -0.05) is 23.7 Å². The molecule has 1 heterocycles. The first-order valence-corrected chi connectivity index (χ1v) is 5.93. The van der Waals surface area contributed by atoms with E-state index in [1.807, 2.05) is 6.92 Å². The Labute approximate surface area is 115 Å². The lowest BCUT2D eigenvalue weighted by atomic mass is 10.2. The van der Waals surface area contributed by atoms with Gasteiger partial charge in [0.05, 0.1) is 10.6 Å². The Morgan fingerprint density at radius 2 is 2.16 bits per heavy atom. The number of hydrogen-bond donors (Lipinski definition) is 0. The molecule has 6 heteroatoms. The van der Waals surface area contributed by atoms with E-state index in [0.29, 0.717) is 10.8 Å². The van der Waals surface area contributed by atoms with Crippen LogP contribution in [0, 0.1) is 17.0 Å². The van der Waals surface area contributed by atoms with E-state index in [1.165, 1.54) is 6.07 Å². The van der Waals surface area contributed by atoms with Crippen molar-refractivity contribution in [2.75, 3.05) is 0 Å². The first kappa shape index (κ1) is 13.3. The molecule has 0 radical (unpaired) electrons. The molecule has 0 fully saturated rings. The Hall–Kier alpha value is -2.14. The van der Waals surface area contributed by atoms with Crippen LogP contribution in [0.4, 0.5) is 5.69 Å². The van der Waals surface area contributed by atoms with Crippen LogP contribution >= 0.6 is 11.6 Å². The van der Waals surface area contributed by atoms with E-state index >= 15 is 0 Å². The number of aromatic nitrogens is 1. The van der Waals surface area contributed by atoms with Gasteiger partial charge in [0.2, 0.25) is 0 Å². The fraction of sp³-hybridized carbons (Fsp3) is 0.154. The summed E-state index contributed by atoms with van der Waals surface area (Å²) in [6, 6.07) is 9.87. The SMILES string of the molecule is Cc1ccc([N+](=O)[O-])c(OCc2cccc(Cl)n2)c1. The van der Waals surface area contributed by atoms with Gasteiger partial charge in [0.15, 0.2) is 5.75 Å². The topological polar surface area (TPSA) is 65.3 Å². The van der Waals surface area contributed by atoms with E-state index in [9.17, 15) is 10.1 Å². The summed E-state index contributed by atoms with van der Waals surface area (Å²) in [6.45, 7) is 1.97. The molecule has 98 valence electrons. The Balaban J connectivity index is 2.19. The zero-order chi connectivity index (χ0) is 13.8. The molecule has 0 amide bonds. The molecule has 0 unspecified atom stereocenters. The minimum absolute atomic E-state index is 0.0624. The van der Waals surface area contributed by atoms with Crippen LogP contribution in [0.15, 0.2) is 36.4 Å². The molecule has 1 aromatic heterocycles. The molecule has 0 saturated heterocycles. The number of rotatable bonds is 4. The van der Waals surface area contributed by atoms with Gasteiger partial charge in [-0.3, -0.25) is 10.1 Å². The molecular formula is C13H11ClN2O3. The molecule has 2 aromatic rings. The summed E-state index contributed by atoms with van der Waals surface area (Å²) in [4.78, 5) is 14.5. The number of aryl methyl sites for hydroxylation is 1. The first-order valence-electron chi connectivity index (χ1n) is 5.55. The van der Waals surface area contributed by atoms with Crippen LogP contribution in [-0.4, -0.2) is 9.91 Å². The van der Waals surface area contributed by atoms with E-state index in [-0.39, 0.29) is 18.0 Å². The highest BCUT2D eigenvalue weighted by atomic mass is 35.5. The van der Waals surface area contributed by atoms with Gasteiger partial charge in [-0.15, -0.1) is 0 Å². The second-order valence-electron chi connectivity index (χ2n) is 3.97. The Bertz CT molecular complexity index is 617. The summed E-state index contributed by atoms with van der Waals surface area (Å²) in [5.74, 6) is 0.228. The highest BCUT2D eigenvalue weighted by molar-refractivity contribution is 6.29. The molecule has 19 heavy (non-hydrogen) atoms. The van der Waals surface area contributed by atoms with Gasteiger partial charge in [-0.05, 0) is 30.7 Å². The van der Waals surface area contributed by atoms with Gasteiger partial charge in [-0.25, -0.2) is 4.98 Å². The third-order valence-corrected chi connectivity index (χ3v) is 2.67. The quantitative estimate of drug-likeness (QED) is 0.487. The van der Waals surface area contributed by atoms with Crippen molar-refractivity contribution in [3.8, 4) is 5.75 Å². The molecule has 0 saturated carbocycles. The first-order chi connectivity index (χ1) is 9.06. The fourth-order valence-corrected chi connectivity index (χ4v) is 1.75. The van der Waals surface area contributed by atoms with Crippen molar-refractivity contribution in [2.24, 2.45) is 0 Å². The standard InChI is InChI=1S/C13H11ClN2O3/c1-9-5-6-11(16(17)18)12(7-9)19-8-10-3-2-4-13(14)15-10/h2-7H,8H2,1H3. The molecule has 0 bridgehead atoms. The summed E-state index contributed by atoms with van der Waals surface area (Å²) < 4.78 is 5.46. The second-order valence-corrected chi connectivity index (χ2v) is 4.36. The predicted molar refractivity (Wildman–Crippen MR) is 71.4 cm³/mol. The number of halogens is 1. The molecule has 0 aliphatic heterocycles. The summed E-state index contributed by atoms with van der Waals surface area (Å²) in [7, 11) is 0. The third-order valence-electron chi connectivity index (χ3n) is 2.46. The normalized spacial score (nSPS) is 10.2. The number of nitro groups is 1. The number of ether oxygens (including phenoxy) is 1. The highest BCUT2D eigenvalue weighted by Crippen LogP contribution is 2.28. The minimum atomic E-state index is -0.472. The maximum atomic E-state index is 10.9. The lowest BCUT2D eigenvalue weighted by Crippen LogP contribution is -2.01. The fourth-order valence-electron chi connectivity index (χ4n) is 1.57. The summed E-state index contributed by atoms with van der Waals surface area (Å²) >= 11 is 5.76. The monoisotopic (exact) mass is 278 g/mol. The molecule has 0 aliphatic carbocycles. The minimum Gasteiger partial charge on any atom is -0.480 e. The van der Waals surface area contributed by atoms with Gasteiger partial charge in [0.1, 0.15) is 11.8 Å². The molecule has 0 N–H and O–H groups in total. The van der Waals surface area contributed by atoms with Crippen LogP contribution in [0.2, 0.25) is 5.15 Å². The Morgan fingerprint density at radius 1 is 1.37 bits per heavy atom. The smallest absolute Gasteiger partial charge is 0.310 e. The van der Waals surface area contributed by atoms with E-state index in [4.69, 9.17) is 16.3 Å². The second kappa shape index (κ2) is 5.67. The van der Waals surface area contributed by atoms with Gasteiger partial charge in [-0.2, -0.15) is 0 Å². The molecule has 2 rings (SSSR count). The van der Waals surface area contributed by atoms with Crippen molar-refractivity contribution in [2.45, 2.75) is 13.5 Å². The zero-order valence-electron chi connectivity index (χ0n) is 10.2. The van der Waals surface area contributed by atoms with E-state index in [2.05, 4.69) is 4.98 Å². The maximum Gasteiger partial charge on any atom is 0.310 e. The summed E-state index contributed by atoms with van der Waals surface area (Å²) in [5.41, 5.74) is 1.44. The van der Waals surface area contributed by atoms with E-state index in [1.54, 1.807) is 30.3 Å². The van der Waals surface area contributed by atoms with E-state index in [0.717, 1.165) is 5.56 Å². The Kier molecular flexibility index (Phi) is 3.97. The van der Waals surface area contributed by atoms with Gasteiger partial charge in [0, 0.05) is 6.07 Å². The maximum absolute atomic E-state index is 10.9. The third kappa shape index (κ3) is 3.42. The van der Waals surface area contributed by atoms with Crippen LogP contribution < -0.4 is 4.74 Å². The predicted octanol–water partition coefficient (Wildman–Crippen LogP) is 3.53. The number of nitrogens with zero attached hydrogens (tertiary/aromatic N) is 2. The number of pyridine rings is 1. The van der Waals surface area contributed by atoms with Crippen LogP contribution in [0.25, 0.3) is 0 Å². The van der Waals surface area contributed by atoms with Crippen molar-refractivity contribution >= 4 is 17.3 Å². The average molecular weight is 279 g/mol. The van der Waals surface area contributed by atoms with Crippen LogP contribution in [-0.2, 0) is 6.61 Å². The van der Waals surface area contributed by atoms with Crippen LogP contribution in [0.1, 0.15) is 11.3 Å². The van der Waals surface area contributed by atoms with Gasteiger partial charge >= 0.3 is 5.69 Å². The number of hydrogen-bond acceptors (Lipinski definition) is 4. The van der Waals surface area contributed by atoms with Gasteiger partial charge < -0.3 is 4.74 Å². The molecular weight excluding hydrogens is 268 g/mol.